The molecular formula is C19H19N5. The van der Waals surface area contributed by atoms with Gasteiger partial charge in [0.1, 0.15) is 6.33 Å². The number of hydrogen-bond donors (Lipinski definition) is 0. The van der Waals surface area contributed by atoms with Crippen molar-refractivity contribution in [2.75, 3.05) is 0 Å². The van der Waals surface area contributed by atoms with Crippen LogP contribution in [0, 0.1) is 20.8 Å². The van der Waals surface area contributed by atoms with Crippen LogP contribution in [0.3, 0.4) is 0 Å². The lowest BCUT2D eigenvalue weighted by atomic mass is 10.0. The minimum absolute atomic E-state index is 0.841. The maximum absolute atomic E-state index is 4.51. The molecule has 0 radical (unpaired) electrons. The number of imidazole rings is 1. The molecular weight excluding hydrogens is 298 g/mol. The largest absolute Gasteiger partial charge is 0.334 e. The second-order valence-corrected chi connectivity index (χ2v) is 6.30. The zero-order chi connectivity index (χ0) is 16.8. The Bertz CT molecular complexity index is 1030. The highest BCUT2D eigenvalue weighted by Crippen LogP contribution is 2.27. The number of aromatic nitrogens is 5. The molecule has 0 aliphatic heterocycles. The van der Waals surface area contributed by atoms with E-state index >= 15 is 0 Å². The molecule has 0 atom stereocenters. The quantitative estimate of drug-likeness (QED) is 0.566. The Labute approximate surface area is 140 Å². The molecule has 5 heteroatoms. The van der Waals surface area contributed by atoms with Crippen LogP contribution in [0.1, 0.15) is 16.7 Å². The van der Waals surface area contributed by atoms with Crippen molar-refractivity contribution in [3.8, 4) is 17.1 Å². The highest BCUT2D eigenvalue weighted by Gasteiger charge is 2.14. The van der Waals surface area contributed by atoms with E-state index in [0.717, 1.165) is 28.1 Å². The maximum Gasteiger partial charge on any atom is 0.163 e. The maximum atomic E-state index is 4.51. The van der Waals surface area contributed by atoms with Crippen LogP contribution in [-0.2, 0) is 7.05 Å². The summed E-state index contributed by atoms with van der Waals surface area (Å²) < 4.78 is 3.95. The van der Waals surface area contributed by atoms with Gasteiger partial charge in [-0.05, 0) is 50.1 Å². The monoisotopic (exact) mass is 317 g/mol. The van der Waals surface area contributed by atoms with Crippen molar-refractivity contribution in [2.45, 2.75) is 20.8 Å². The molecule has 2 aromatic carbocycles. The van der Waals surface area contributed by atoms with Gasteiger partial charge >= 0.3 is 0 Å². The summed E-state index contributed by atoms with van der Waals surface area (Å²) in [5.74, 6) is 0.841. The lowest BCUT2D eigenvalue weighted by Crippen LogP contribution is -2.05. The average Bonchev–Trinajstić information content (AvgIpc) is 3.14. The average molecular weight is 317 g/mol. The van der Waals surface area contributed by atoms with Crippen molar-refractivity contribution >= 4 is 11.0 Å². The summed E-state index contributed by atoms with van der Waals surface area (Å²) in [6.07, 6.45) is 3.44. The van der Waals surface area contributed by atoms with Gasteiger partial charge in [0.25, 0.3) is 0 Å². The molecule has 4 rings (SSSR count). The van der Waals surface area contributed by atoms with E-state index in [4.69, 9.17) is 0 Å². The molecule has 0 aliphatic rings. The fraction of sp³-hybridized carbons (Fsp3) is 0.211. The summed E-state index contributed by atoms with van der Waals surface area (Å²) in [5.41, 5.74) is 7.84. The second-order valence-electron chi connectivity index (χ2n) is 6.30. The Morgan fingerprint density at radius 2 is 1.67 bits per heavy atom. The van der Waals surface area contributed by atoms with Gasteiger partial charge in [-0.25, -0.2) is 14.6 Å². The molecule has 0 N–H and O–H groups in total. The minimum atomic E-state index is 0.841. The van der Waals surface area contributed by atoms with Crippen molar-refractivity contribution in [1.82, 2.24) is 24.3 Å². The molecule has 24 heavy (non-hydrogen) atoms. The van der Waals surface area contributed by atoms with Crippen LogP contribution in [0.4, 0.5) is 0 Å². The Balaban J connectivity index is 1.93. The van der Waals surface area contributed by atoms with Crippen LogP contribution in [0.5, 0.6) is 0 Å². The molecule has 0 fully saturated rings. The van der Waals surface area contributed by atoms with E-state index in [1.165, 1.54) is 16.7 Å². The van der Waals surface area contributed by atoms with Crippen LogP contribution in [0.25, 0.3) is 28.1 Å². The van der Waals surface area contributed by atoms with Crippen molar-refractivity contribution in [3.63, 3.8) is 0 Å². The number of benzene rings is 2. The Morgan fingerprint density at radius 1 is 0.917 bits per heavy atom. The van der Waals surface area contributed by atoms with Gasteiger partial charge in [-0.1, -0.05) is 17.7 Å². The number of hydrogen-bond acceptors (Lipinski definition) is 3. The molecule has 0 amide bonds. The summed E-state index contributed by atoms with van der Waals surface area (Å²) in [7, 11) is 2.00. The lowest BCUT2D eigenvalue weighted by molar-refractivity contribution is 0.870. The highest BCUT2D eigenvalue weighted by atomic mass is 15.3. The fourth-order valence-corrected chi connectivity index (χ4v) is 3.37. The van der Waals surface area contributed by atoms with Crippen molar-refractivity contribution in [2.24, 2.45) is 7.05 Å². The van der Waals surface area contributed by atoms with Crippen LogP contribution < -0.4 is 0 Å². The van der Waals surface area contributed by atoms with Gasteiger partial charge in [-0.3, -0.25) is 0 Å². The van der Waals surface area contributed by atoms with E-state index in [1.807, 2.05) is 28.7 Å². The van der Waals surface area contributed by atoms with Gasteiger partial charge in [0.15, 0.2) is 5.82 Å². The number of rotatable bonds is 2. The summed E-state index contributed by atoms with van der Waals surface area (Å²) in [6, 6.07) is 10.5. The minimum Gasteiger partial charge on any atom is -0.334 e. The predicted molar refractivity (Wildman–Crippen MR) is 95.3 cm³/mol. The lowest BCUT2D eigenvalue weighted by Gasteiger charge is -2.13. The fourth-order valence-electron chi connectivity index (χ4n) is 3.37. The van der Waals surface area contributed by atoms with Crippen molar-refractivity contribution < 1.29 is 0 Å². The zero-order valence-corrected chi connectivity index (χ0v) is 14.3. The van der Waals surface area contributed by atoms with Crippen molar-refractivity contribution in [3.05, 3.63) is 59.7 Å². The number of fused-ring (bicyclic) bond motifs is 1. The highest BCUT2D eigenvalue weighted by molar-refractivity contribution is 5.81. The third kappa shape index (κ3) is 2.21. The predicted octanol–water partition coefficient (Wildman–Crippen LogP) is 3.75. The third-order valence-corrected chi connectivity index (χ3v) is 4.38. The SMILES string of the molecule is Cc1cc(C)c(-n2ncnc2-c2ccc3ncn(C)c3c2)c(C)c1. The summed E-state index contributed by atoms with van der Waals surface area (Å²) in [5, 5.41) is 4.49. The number of nitrogens with zero attached hydrogens (tertiary/aromatic N) is 5. The molecule has 5 nitrogen and oxygen atoms in total. The first kappa shape index (κ1) is 14.6. The van der Waals surface area contributed by atoms with Gasteiger partial charge in [-0.2, -0.15) is 5.10 Å². The molecule has 0 bridgehead atoms. The smallest absolute Gasteiger partial charge is 0.163 e. The van der Waals surface area contributed by atoms with Gasteiger partial charge in [0, 0.05) is 12.6 Å². The van der Waals surface area contributed by atoms with Crippen molar-refractivity contribution in [1.29, 1.82) is 0 Å². The van der Waals surface area contributed by atoms with Gasteiger partial charge < -0.3 is 4.57 Å². The Kier molecular flexibility index (Phi) is 3.23. The summed E-state index contributed by atoms with van der Waals surface area (Å²) in [6.45, 7) is 6.35. The van der Waals surface area contributed by atoms with Gasteiger partial charge in [0.2, 0.25) is 0 Å². The van der Waals surface area contributed by atoms with Gasteiger partial charge in [0.05, 0.1) is 23.0 Å². The molecule has 4 aromatic rings. The molecule has 2 heterocycles. The summed E-state index contributed by atoms with van der Waals surface area (Å²) in [4.78, 5) is 8.89. The molecule has 0 saturated carbocycles. The van der Waals surface area contributed by atoms with Crippen LogP contribution in [0.15, 0.2) is 43.0 Å². The van der Waals surface area contributed by atoms with Gasteiger partial charge in [-0.15, -0.1) is 0 Å². The summed E-state index contributed by atoms with van der Waals surface area (Å²) >= 11 is 0. The molecule has 0 saturated heterocycles. The molecule has 120 valence electrons. The van der Waals surface area contributed by atoms with E-state index in [-0.39, 0.29) is 0 Å². The molecule has 0 aliphatic carbocycles. The van der Waals surface area contributed by atoms with E-state index in [0.29, 0.717) is 0 Å². The van der Waals surface area contributed by atoms with Crippen LogP contribution in [-0.4, -0.2) is 24.3 Å². The number of aryl methyl sites for hydroxylation is 4. The molecule has 0 unspecified atom stereocenters. The van der Waals surface area contributed by atoms with Crippen LogP contribution in [0.2, 0.25) is 0 Å². The zero-order valence-electron chi connectivity index (χ0n) is 14.3. The first-order valence-corrected chi connectivity index (χ1v) is 7.94. The topological polar surface area (TPSA) is 48.5 Å². The Morgan fingerprint density at radius 3 is 2.42 bits per heavy atom. The molecule has 0 spiro atoms. The molecule has 2 aromatic heterocycles. The van der Waals surface area contributed by atoms with E-state index < -0.39 is 0 Å². The van der Waals surface area contributed by atoms with Crippen LogP contribution >= 0.6 is 0 Å². The first-order valence-electron chi connectivity index (χ1n) is 7.94. The normalized spacial score (nSPS) is 11.3. The Hall–Kier alpha value is -2.95. The second kappa shape index (κ2) is 5.30. The van der Waals surface area contributed by atoms with E-state index in [1.54, 1.807) is 6.33 Å². The van der Waals surface area contributed by atoms with E-state index in [2.05, 4.69) is 60.1 Å². The van der Waals surface area contributed by atoms with E-state index in [9.17, 15) is 0 Å². The standard InChI is InChI=1S/C19H19N5/c1-12-7-13(2)18(14(3)8-12)24-19(20-10-22-24)15-5-6-16-17(9-15)23(4)11-21-16/h5-11H,1-4H3. The first-order chi connectivity index (χ1) is 11.5. The third-order valence-electron chi connectivity index (χ3n) is 4.38.